The number of nitrogens with zero attached hydrogens (tertiary/aromatic N) is 1. The molecule has 16 heavy (non-hydrogen) atoms. The smallest absolute Gasteiger partial charge is 0.146 e. The van der Waals surface area contributed by atoms with Crippen LogP contribution in [0, 0.1) is 12.7 Å². The summed E-state index contributed by atoms with van der Waals surface area (Å²) in [4.78, 5) is 4.01. The second-order valence-electron chi connectivity index (χ2n) is 3.65. The molecule has 0 unspecified atom stereocenters. The summed E-state index contributed by atoms with van der Waals surface area (Å²) in [6.07, 6.45) is 3.49. The summed E-state index contributed by atoms with van der Waals surface area (Å²) in [5, 5.41) is 3.08. The van der Waals surface area contributed by atoms with Crippen molar-refractivity contribution in [3.8, 4) is 0 Å². The first-order valence-corrected chi connectivity index (χ1v) is 5.15. The SMILES string of the molecule is Cc1cccc(F)c1NCc1cccnc1. The molecule has 1 aromatic carbocycles. The van der Waals surface area contributed by atoms with Crippen molar-refractivity contribution in [3.05, 3.63) is 59.7 Å². The number of anilines is 1. The molecule has 0 saturated carbocycles. The molecule has 2 nitrogen and oxygen atoms in total. The van der Waals surface area contributed by atoms with Crippen molar-refractivity contribution in [2.75, 3.05) is 5.32 Å². The summed E-state index contributed by atoms with van der Waals surface area (Å²) in [6.45, 7) is 2.46. The lowest BCUT2D eigenvalue weighted by molar-refractivity contribution is 0.629. The van der Waals surface area contributed by atoms with Crippen LogP contribution in [0.4, 0.5) is 10.1 Å². The molecule has 0 fully saturated rings. The monoisotopic (exact) mass is 216 g/mol. The minimum atomic E-state index is -0.219. The molecule has 2 rings (SSSR count). The van der Waals surface area contributed by atoms with Gasteiger partial charge in [0.2, 0.25) is 0 Å². The van der Waals surface area contributed by atoms with Crippen molar-refractivity contribution in [1.82, 2.24) is 4.98 Å². The van der Waals surface area contributed by atoms with Gasteiger partial charge in [-0.2, -0.15) is 0 Å². The minimum absolute atomic E-state index is 0.219. The molecular formula is C13H13FN2. The molecule has 0 amide bonds. The zero-order valence-electron chi connectivity index (χ0n) is 9.07. The standard InChI is InChI=1S/C13H13FN2/c1-10-4-2-6-12(14)13(10)16-9-11-5-3-7-15-8-11/h2-8,16H,9H2,1H3. The van der Waals surface area contributed by atoms with Gasteiger partial charge >= 0.3 is 0 Å². The molecule has 0 spiro atoms. The van der Waals surface area contributed by atoms with Gasteiger partial charge in [-0.05, 0) is 30.2 Å². The van der Waals surface area contributed by atoms with E-state index in [1.807, 2.05) is 25.1 Å². The molecule has 3 heteroatoms. The van der Waals surface area contributed by atoms with Gasteiger partial charge in [-0.1, -0.05) is 18.2 Å². The van der Waals surface area contributed by atoms with Gasteiger partial charge in [0.15, 0.2) is 0 Å². The summed E-state index contributed by atoms with van der Waals surface area (Å²) < 4.78 is 13.5. The number of pyridine rings is 1. The maximum Gasteiger partial charge on any atom is 0.146 e. The number of aryl methyl sites for hydroxylation is 1. The van der Waals surface area contributed by atoms with Crippen LogP contribution in [0.2, 0.25) is 0 Å². The Morgan fingerprint density at radius 3 is 2.81 bits per heavy atom. The first-order chi connectivity index (χ1) is 7.77. The predicted molar refractivity (Wildman–Crippen MR) is 62.7 cm³/mol. The van der Waals surface area contributed by atoms with Crippen LogP contribution in [0.5, 0.6) is 0 Å². The van der Waals surface area contributed by atoms with Crippen LogP contribution in [0.3, 0.4) is 0 Å². The van der Waals surface area contributed by atoms with Gasteiger partial charge in [0.05, 0.1) is 5.69 Å². The number of halogens is 1. The molecule has 0 radical (unpaired) electrons. The van der Waals surface area contributed by atoms with Gasteiger partial charge in [0.1, 0.15) is 5.82 Å². The lowest BCUT2D eigenvalue weighted by Gasteiger charge is -2.10. The van der Waals surface area contributed by atoms with Crippen LogP contribution in [0.25, 0.3) is 0 Å². The van der Waals surface area contributed by atoms with E-state index in [1.165, 1.54) is 6.07 Å². The van der Waals surface area contributed by atoms with Gasteiger partial charge in [-0.3, -0.25) is 4.98 Å². The van der Waals surface area contributed by atoms with Gasteiger partial charge < -0.3 is 5.32 Å². The van der Waals surface area contributed by atoms with Crippen molar-refractivity contribution >= 4 is 5.69 Å². The Kier molecular flexibility index (Phi) is 3.15. The summed E-state index contributed by atoms with van der Waals surface area (Å²) in [6, 6.07) is 8.87. The molecule has 1 N–H and O–H groups in total. The largest absolute Gasteiger partial charge is 0.378 e. The fourth-order valence-electron chi connectivity index (χ4n) is 1.55. The number of aromatic nitrogens is 1. The summed E-state index contributed by atoms with van der Waals surface area (Å²) in [5.74, 6) is -0.219. The maximum atomic E-state index is 13.5. The van der Waals surface area contributed by atoms with E-state index in [9.17, 15) is 4.39 Å². The van der Waals surface area contributed by atoms with Gasteiger partial charge in [0.25, 0.3) is 0 Å². The van der Waals surface area contributed by atoms with Crippen LogP contribution < -0.4 is 5.32 Å². The molecule has 0 aliphatic carbocycles. The number of hydrogen-bond acceptors (Lipinski definition) is 2. The first-order valence-electron chi connectivity index (χ1n) is 5.15. The highest BCUT2D eigenvalue weighted by molar-refractivity contribution is 5.51. The van der Waals surface area contributed by atoms with Gasteiger partial charge in [-0.25, -0.2) is 4.39 Å². The van der Waals surface area contributed by atoms with Crippen LogP contribution in [0.1, 0.15) is 11.1 Å². The minimum Gasteiger partial charge on any atom is -0.378 e. The van der Waals surface area contributed by atoms with E-state index in [2.05, 4.69) is 10.3 Å². The lowest BCUT2D eigenvalue weighted by Crippen LogP contribution is -2.03. The molecule has 0 bridgehead atoms. The lowest BCUT2D eigenvalue weighted by atomic mass is 10.2. The average Bonchev–Trinajstić information content (AvgIpc) is 2.30. The fraction of sp³-hybridized carbons (Fsp3) is 0.154. The van der Waals surface area contributed by atoms with Crippen molar-refractivity contribution < 1.29 is 4.39 Å². The summed E-state index contributed by atoms with van der Waals surface area (Å²) in [5.41, 5.74) is 2.50. The van der Waals surface area contributed by atoms with Crippen molar-refractivity contribution in [3.63, 3.8) is 0 Å². The molecular weight excluding hydrogens is 203 g/mol. The second kappa shape index (κ2) is 4.75. The molecule has 0 aliphatic rings. The Hall–Kier alpha value is -1.90. The normalized spacial score (nSPS) is 10.1. The van der Waals surface area contributed by atoms with E-state index >= 15 is 0 Å². The highest BCUT2D eigenvalue weighted by atomic mass is 19.1. The molecule has 0 aliphatic heterocycles. The molecule has 1 aromatic heterocycles. The topological polar surface area (TPSA) is 24.9 Å². The molecule has 1 heterocycles. The van der Waals surface area contributed by atoms with Crippen LogP contribution in [0.15, 0.2) is 42.7 Å². The zero-order chi connectivity index (χ0) is 11.4. The molecule has 82 valence electrons. The third-order valence-electron chi connectivity index (χ3n) is 2.41. The molecule has 2 aromatic rings. The summed E-state index contributed by atoms with van der Waals surface area (Å²) >= 11 is 0. The fourth-order valence-corrected chi connectivity index (χ4v) is 1.55. The summed E-state index contributed by atoms with van der Waals surface area (Å²) in [7, 11) is 0. The third kappa shape index (κ3) is 2.37. The van der Waals surface area contributed by atoms with Crippen molar-refractivity contribution in [2.45, 2.75) is 13.5 Å². The maximum absolute atomic E-state index is 13.5. The highest BCUT2D eigenvalue weighted by Gasteiger charge is 2.03. The quantitative estimate of drug-likeness (QED) is 0.852. The highest BCUT2D eigenvalue weighted by Crippen LogP contribution is 2.19. The van der Waals surface area contributed by atoms with E-state index in [1.54, 1.807) is 18.5 Å². The van der Waals surface area contributed by atoms with E-state index < -0.39 is 0 Å². The van der Waals surface area contributed by atoms with E-state index in [4.69, 9.17) is 0 Å². The first kappa shape index (κ1) is 10.6. The van der Waals surface area contributed by atoms with Crippen LogP contribution >= 0.6 is 0 Å². The number of rotatable bonds is 3. The van der Waals surface area contributed by atoms with Crippen molar-refractivity contribution in [2.24, 2.45) is 0 Å². The molecule has 0 atom stereocenters. The Bertz CT molecular complexity index is 448. The van der Waals surface area contributed by atoms with E-state index in [0.717, 1.165) is 11.1 Å². The second-order valence-corrected chi connectivity index (χ2v) is 3.65. The van der Waals surface area contributed by atoms with E-state index in [0.29, 0.717) is 12.2 Å². The zero-order valence-corrected chi connectivity index (χ0v) is 9.07. The molecule has 0 saturated heterocycles. The Balaban J connectivity index is 2.11. The number of nitrogens with one attached hydrogen (secondary N) is 1. The van der Waals surface area contributed by atoms with Gasteiger partial charge in [-0.15, -0.1) is 0 Å². The number of benzene rings is 1. The Morgan fingerprint density at radius 2 is 2.12 bits per heavy atom. The van der Waals surface area contributed by atoms with Crippen molar-refractivity contribution in [1.29, 1.82) is 0 Å². The third-order valence-corrected chi connectivity index (χ3v) is 2.41. The van der Waals surface area contributed by atoms with E-state index in [-0.39, 0.29) is 5.82 Å². The predicted octanol–water partition coefficient (Wildman–Crippen LogP) is 3.14. The average molecular weight is 216 g/mol. The van der Waals surface area contributed by atoms with Gasteiger partial charge in [0, 0.05) is 18.9 Å². The number of hydrogen-bond donors (Lipinski definition) is 1. The van der Waals surface area contributed by atoms with Crippen LogP contribution in [-0.2, 0) is 6.54 Å². The van der Waals surface area contributed by atoms with Crippen LogP contribution in [-0.4, -0.2) is 4.98 Å². The Labute approximate surface area is 94.2 Å². The number of para-hydroxylation sites is 1. The Morgan fingerprint density at radius 1 is 1.25 bits per heavy atom.